The van der Waals surface area contributed by atoms with Gasteiger partial charge >= 0.3 is 0 Å². The molecule has 0 fully saturated rings. The second-order valence-electron chi connectivity index (χ2n) is 5.08. The molecular formula is C17H24N2O2. The summed E-state index contributed by atoms with van der Waals surface area (Å²) in [4.78, 5) is 0. The van der Waals surface area contributed by atoms with Crippen LogP contribution in [-0.2, 0) is 17.9 Å². The summed E-state index contributed by atoms with van der Waals surface area (Å²) in [5, 5.41) is 4.19. The number of unbranched alkanes of at least 4 members (excludes halogenated alkanes) is 3. The predicted octanol–water partition coefficient (Wildman–Crippen LogP) is 3.67. The molecule has 0 spiro atoms. The van der Waals surface area contributed by atoms with Crippen LogP contribution in [0.1, 0.15) is 31.2 Å². The van der Waals surface area contributed by atoms with Crippen LogP contribution in [0, 0.1) is 0 Å². The minimum absolute atomic E-state index is 0.678. The number of ether oxygens (including phenoxy) is 2. The van der Waals surface area contributed by atoms with E-state index in [2.05, 4.69) is 5.10 Å². The first-order valence-electron chi connectivity index (χ1n) is 7.56. The third kappa shape index (κ3) is 6.00. The van der Waals surface area contributed by atoms with E-state index in [1.165, 1.54) is 24.8 Å². The molecule has 0 aliphatic heterocycles. The van der Waals surface area contributed by atoms with Crippen molar-refractivity contribution in [2.75, 3.05) is 13.7 Å². The van der Waals surface area contributed by atoms with E-state index in [4.69, 9.17) is 9.47 Å². The Morgan fingerprint density at radius 3 is 2.57 bits per heavy atom. The van der Waals surface area contributed by atoms with Gasteiger partial charge in [-0.3, -0.25) is 4.68 Å². The minimum Gasteiger partial charge on any atom is -0.497 e. The van der Waals surface area contributed by atoms with Gasteiger partial charge in [0.15, 0.2) is 0 Å². The Hall–Kier alpha value is -1.81. The highest BCUT2D eigenvalue weighted by molar-refractivity contribution is 5.26. The number of aromatic nitrogens is 2. The first-order valence-corrected chi connectivity index (χ1v) is 7.56. The highest BCUT2D eigenvalue weighted by Gasteiger charge is 1.96. The number of rotatable bonds is 10. The third-order valence-corrected chi connectivity index (χ3v) is 3.41. The summed E-state index contributed by atoms with van der Waals surface area (Å²) in [6, 6.07) is 9.99. The fraction of sp³-hybridized carbons (Fsp3) is 0.471. The van der Waals surface area contributed by atoms with E-state index < -0.39 is 0 Å². The highest BCUT2D eigenvalue weighted by Crippen LogP contribution is 2.12. The van der Waals surface area contributed by atoms with Crippen molar-refractivity contribution < 1.29 is 9.47 Å². The monoisotopic (exact) mass is 288 g/mol. The molecule has 0 N–H and O–H groups in total. The summed E-state index contributed by atoms with van der Waals surface area (Å²) >= 11 is 0. The molecule has 2 aromatic rings. The molecule has 0 aliphatic carbocycles. The lowest BCUT2D eigenvalue weighted by Gasteiger charge is -2.06. The van der Waals surface area contributed by atoms with Gasteiger partial charge in [0.2, 0.25) is 0 Å². The molecule has 0 unspecified atom stereocenters. The van der Waals surface area contributed by atoms with Gasteiger partial charge in [0.25, 0.3) is 0 Å². The van der Waals surface area contributed by atoms with Gasteiger partial charge in [-0.05, 0) is 36.6 Å². The molecule has 21 heavy (non-hydrogen) atoms. The summed E-state index contributed by atoms with van der Waals surface area (Å²) in [5.41, 5.74) is 1.19. The quantitative estimate of drug-likeness (QED) is 0.626. The van der Waals surface area contributed by atoms with Crippen LogP contribution in [0.15, 0.2) is 42.7 Å². The van der Waals surface area contributed by atoms with E-state index >= 15 is 0 Å². The van der Waals surface area contributed by atoms with Crippen LogP contribution in [0.4, 0.5) is 0 Å². The van der Waals surface area contributed by atoms with E-state index in [-0.39, 0.29) is 0 Å². The van der Waals surface area contributed by atoms with Crippen LogP contribution < -0.4 is 4.74 Å². The normalized spacial score (nSPS) is 10.7. The van der Waals surface area contributed by atoms with E-state index in [9.17, 15) is 0 Å². The van der Waals surface area contributed by atoms with Gasteiger partial charge in [-0.15, -0.1) is 0 Å². The molecule has 0 amide bonds. The Labute approximate surface area is 126 Å². The van der Waals surface area contributed by atoms with Crippen LogP contribution in [0.3, 0.4) is 0 Å². The van der Waals surface area contributed by atoms with Crippen molar-refractivity contribution in [1.29, 1.82) is 0 Å². The number of hydrogen-bond donors (Lipinski definition) is 0. The average Bonchev–Trinajstić information content (AvgIpc) is 3.04. The highest BCUT2D eigenvalue weighted by atomic mass is 16.5. The predicted molar refractivity (Wildman–Crippen MR) is 83.3 cm³/mol. The number of nitrogens with zero attached hydrogens (tertiary/aromatic N) is 2. The van der Waals surface area contributed by atoms with Crippen molar-refractivity contribution >= 4 is 0 Å². The van der Waals surface area contributed by atoms with Crippen molar-refractivity contribution in [3.63, 3.8) is 0 Å². The molecule has 114 valence electrons. The number of aryl methyl sites for hydroxylation is 1. The molecule has 4 nitrogen and oxygen atoms in total. The fourth-order valence-corrected chi connectivity index (χ4v) is 2.18. The van der Waals surface area contributed by atoms with E-state index in [1.54, 1.807) is 7.11 Å². The molecule has 0 saturated carbocycles. The van der Waals surface area contributed by atoms with Crippen molar-refractivity contribution in [3.8, 4) is 5.75 Å². The molecular weight excluding hydrogens is 264 g/mol. The van der Waals surface area contributed by atoms with Crippen LogP contribution in [0.2, 0.25) is 0 Å². The number of hydrogen-bond acceptors (Lipinski definition) is 3. The Bertz CT molecular complexity index is 480. The lowest BCUT2D eigenvalue weighted by Crippen LogP contribution is -1.99. The standard InChI is InChI=1S/C17H24N2O2/c1-20-17-9-7-16(8-10-17)15-21-14-5-3-2-4-12-19-13-6-11-18-19/h6-11,13H,2-5,12,14-15H2,1H3. The topological polar surface area (TPSA) is 36.3 Å². The smallest absolute Gasteiger partial charge is 0.118 e. The van der Waals surface area contributed by atoms with Gasteiger partial charge in [0, 0.05) is 25.5 Å². The molecule has 1 aromatic heterocycles. The maximum atomic E-state index is 5.69. The van der Waals surface area contributed by atoms with E-state index in [0.717, 1.165) is 25.3 Å². The summed E-state index contributed by atoms with van der Waals surface area (Å²) in [6.45, 7) is 2.52. The minimum atomic E-state index is 0.678. The van der Waals surface area contributed by atoms with Crippen LogP contribution in [-0.4, -0.2) is 23.5 Å². The Morgan fingerprint density at radius 2 is 1.86 bits per heavy atom. The molecule has 1 heterocycles. The van der Waals surface area contributed by atoms with Crippen molar-refractivity contribution in [3.05, 3.63) is 48.3 Å². The number of benzene rings is 1. The zero-order valence-electron chi connectivity index (χ0n) is 12.7. The van der Waals surface area contributed by atoms with Crippen molar-refractivity contribution in [2.24, 2.45) is 0 Å². The molecule has 0 bridgehead atoms. The molecule has 0 saturated heterocycles. The van der Waals surface area contributed by atoms with Crippen LogP contribution in [0.5, 0.6) is 5.75 Å². The van der Waals surface area contributed by atoms with Gasteiger partial charge in [0.05, 0.1) is 13.7 Å². The van der Waals surface area contributed by atoms with Gasteiger partial charge in [-0.1, -0.05) is 25.0 Å². The SMILES string of the molecule is COc1ccc(COCCCCCCn2cccn2)cc1. The summed E-state index contributed by atoms with van der Waals surface area (Å²) in [6.07, 6.45) is 8.58. The lowest BCUT2D eigenvalue weighted by atomic mass is 10.2. The summed E-state index contributed by atoms with van der Waals surface area (Å²) in [7, 11) is 1.68. The maximum Gasteiger partial charge on any atom is 0.118 e. The van der Waals surface area contributed by atoms with Gasteiger partial charge in [-0.25, -0.2) is 0 Å². The number of methoxy groups -OCH3 is 1. The Balaban J connectivity index is 1.46. The fourth-order valence-electron chi connectivity index (χ4n) is 2.18. The second-order valence-corrected chi connectivity index (χ2v) is 5.08. The molecule has 1 aromatic carbocycles. The summed E-state index contributed by atoms with van der Waals surface area (Å²) in [5.74, 6) is 0.885. The molecule has 4 heteroatoms. The van der Waals surface area contributed by atoms with E-state index in [0.29, 0.717) is 6.61 Å². The van der Waals surface area contributed by atoms with Crippen molar-refractivity contribution in [1.82, 2.24) is 9.78 Å². The first kappa shape index (κ1) is 15.6. The van der Waals surface area contributed by atoms with Crippen molar-refractivity contribution in [2.45, 2.75) is 38.8 Å². The van der Waals surface area contributed by atoms with Gasteiger partial charge in [-0.2, -0.15) is 5.10 Å². The first-order chi connectivity index (χ1) is 10.4. The maximum absolute atomic E-state index is 5.69. The van der Waals surface area contributed by atoms with E-state index in [1.807, 2.05) is 47.4 Å². The van der Waals surface area contributed by atoms with Crippen LogP contribution in [0.25, 0.3) is 0 Å². The third-order valence-electron chi connectivity index (χ3n) is 3.41. The largest absolute Gasteiger partial charge is 0.497 e. The molecule has 0 radical (unpaired) electrons. The Morgan fingerprint density at radius 1 is 1.05 bits per heavy atom. The second kappa shape index (κ2) is 9.19. The lowest BCUT2D eigenvalue weighted by molar-refractivity contribution is 0.116. The molecule has 2 rings (SSSR count). The zero-order valence-corrected chi connectivity index (χ0v) is 12.7. The van der Waals surface area contributed by atoms with Crippen LogP contribution >= 0.6 is 0 Å². The van der Waals surface area contributed by atoms with Gasteiger partial charge < -0.3 is 9.47 Å². The average molecular weight is 288 g/mol. The Kier molecular flexibility index (Phi) is 6.81. The van der Waals surface area contributed by atoms with Gasteiger partial charge in [0.1, 0.15) is 5.75 Å². The zero-order chi connectivity index (χ0) is 14.8. The molecule has 0 aliphatic rings. The summed E-state index contributed by atoms with van der Waals surface area (Å²) < 4.78 is 12.8. The molecule has 0 atom stereocenters.